The minimum Gasteiger partial charge on any atom is -0.399 e. The van der Waals surface area contributed by atoms with Gasteiger partial charge in [0.25, 0.3) is 0 Å². The third kappa shape index (κ3) is 4.71. The fraction of sp³-hybridized carbons (Fsp3) is 0. The Morgan fingerprint density at radius 3 is 1.84 bits per heavy atom. The highest BCUT2D eigenvalue weighted by atomic mass is 79.9. The summed E-state index contributed by atoms with van der Waals surface area (Å²) in [4.78, 5) is 0. The molecule has 0 radical (unpaired) electrons. The zero-order chi connectivity index (χ0) is 14.3. The standard InChI is InChI=1S/C7H5BrN2.C7H6N2/c8-6-3-5(4-9)1-2-7(6)10;8-5-6-1-3-7(9)4-2-6/h1-3H,10H2;1-4H,9H2. The molecular formula is C14H11BrN4. The molecule has 0 fully saturated rings. The van der Waals surface area contributed by atoms with Gasteiger partial charge < -0.3 is 11.5 Å². The van der Waals surface area contributed by atoms with E-state index in [1.54, 1.807) is 42.5 Å². The molecule has 0 bridgehead atoms. The van der Waals surface area contributed by atoms with Crippen molar-refractivity contribution in [3.05, 3.63) is 58.1 Å². The quantitative estimate of drug-likeness (QED) is 0.730. The zero-order valence-electron chi connectivity index (χ0n) is 9.97. The normalized spacial score (nSPS) is 8.58. The van der Waals surface area contributed by atoms with Crippen LogP contribution in [0.3, 0.4) is 0 Å². The van der Waals surface area contributed by atoms with E-state index in [0.717, 1.165) is 4.47 Å². The van der Waals surface area contributed by atoms with E-state index in [4.69, 9.17) is 22.0 Å². The summed E-state index contributed by atoms with van der Waals surface area (Å²) >= 11 is 3.21. The number of halogens is 1. The van der Waals surface area contributed by atoms with Crippen molar-refractivity contribution in [1.29, 1.82) is 10.5 Å². The molecule has 2 aromatic rings. The van der Waals surface area contributed by atoms with Crippen LogP contribution in [0.1, 0.15) is 11.1 Å². The molecule has 4 N–H and O–H groups in total. The van der Waals surface area contributed by atoms with Gasteiger partial charge in [-0.05, 0) is 58.4 Å². The number of nitriles is 2. The third-order valence-corrected chi connectivity index (χ3v) is 2.86. The molecule has 5 heteroatoms. The number of anilines is 2. The number of nitrogen functional groups attached to an aromatic ring is 2. The van der Waals surface area contributed by atoms with Gasteiger partial charge in [0.2, 0.25) is 0 Å². The van der Waals surface area contributed by atoms with E-state index in [-0.39, 0.29) is 0 Å². The van der Waals surface area contributed by atoms with Crippen molar-refractivity contribution in [3.8, 4) is 12.1 Å². The maximum atomic E-state index is 8.44. The van der Waals surface area contributed by atoms with Gasteiger partial charge in [-0.2, -0.15) is 10.5 Å². The predicted molar refractivity (Wildman–Crippen MR) is 78.8 cm³/mol. The topological polar surface area (TPSA) is 99.6 Å². The van der Waals surface area contributed by atoms with E-state index >= 15 is 0 Å². The minimum atomic E-state index is 0.612. The fourth-order valence-electron chi connectivity index (χ4n) is 1.15. The van der Waals surface area contributed by atoms with E-state index in [1.807, 2.05) is 12.1 Å². The molecular weight excluding hydrogens is 304 g/mol. The maximum Gasteiger partial charge on any atom is 0.0992 e. The molecule has 19 heavy (non-hydrogen) atoms. The smallest absolute Gasteiger partial charge is 0.0992 e. The van der Waals surface area contributed by atoms with Crippen LogP contribution in [0.2, 0.25) is 0 Å². The van der Waals surface area contributed by atoms with Crippen LogP contribution in [0.25, 0.3) is 0 Å². The summed E-state index contributed by atoms with van der Waals surface area (Å²) < 4.78 is 0.770. The molecule has 0 unspecified atom stereocenters. The lowest BCUT2D eigenvalue weighted by Gasteiger charge is -1.95. The molecule has 0 aromatic heterocycles. The maximum absolute atomic E-state index is 8.44. The lowest BCUT2D eigenvalue weighted by molar-refractivity contribution is 1.48. The van der Waals surface area contributed by atoms with Crippen LogP contribution in [0, 0.1) is 22.7 Å². The van der Waals surface area contributed by atoms with Crippen LogP contribution in [0.4, 0.5) is 11.4 Å². The summed E-state index contributed by atoms with van der Waals surface area (Å²) in [6.07, 6.45) is 0. The molecule has 0 aliphatic carbocycles. The highest BCUT2D eigenvalue weighted by Crippen LogP contribution is 2.19. The summed E-state index contributed by atoms with van der Waals surface area (Å²) in [7, 11) is 0. The van der Waals surface area contributed by atoms with Gasteiger partial charge in [0, 0.05) is 15.8 Å². The molecule has 0 aliphatic heterocycles. The number of benzene rings is 2. The van der Waals surface area contributed by atoms with Crippen molar-refractivity contribution in [2.45, 2.75) is 0 Å². The molecule has 0 aliphatic rings. The van der Waals surface area contributed by atoms with Crippen LogP contribution in [0.5, 0.6) is 0 Å². The Morgan fingerprint density at radius 2 is 1.37 bits per heavy atom. The number of hydrogen-bond acceptors (Lipinski definition) is 4. The van der Waals surface area contributed by atoms with Crippen LogP contribution in [0.15, 0.2) is 46.9 Å². The predicted octanol–water partition coefficient (Wildman–Crippen LogP) is 3.04. The zero-order valence-corrected chi connectivity index (χ0v) is 11.6. The lowest BCUT2D eigenvalue weighted by Crippen LogP contribution is -1.85. The minimum absolute atomic E-state index is 0.612. The SMILES string of the molecule is N#Cc1ccc(N)c(Br)c1.N#Cc1ccc(N)cc1. The monoisotopic (exact) mass is 314 g/mol. The van der Waals surface area contributed by atoms with Gasteiger partial charge in [0.05, 0.1) is 23.3 Å². The summed E-state index contributed by atoms with van der Waals surface area (Å²) in [6, 6.07) is 15.9. The molecule has 0 spiro atoms. The lowest BCUT2D eigenvalue weighted by atomic mass is 10.2. The van der Waals surface area contributed by atoms with Gasteiger partial charge in [-0.3, -0.25) is 0 Å². The van der Waals surface area contributed by atoms with Crippen molar-refractivity contribution in [3.63, 3.8) is 0 Å². The molecule has 94 valence electrons. The number of rotatable bonds is 0. The van der Waals surface area contributed by atoms with E-state index < -0.39 is 0 Å². The summed E-state index contributed by atoms with van der Waals surface area (Å²) in [6.45, 7) is 0. The Labute approximate surface area is 120 Å². The van der Waals surface area contributed by atoms with Crippen LogP contribution >= 0.6 is 15.9 Å². The van der Waals surface area contributed by atoms with E-state index in [2.05, 4.69) is 15.9 Å². The van der Waals surface area contributed by atoms with Crippen LogP contribution in [-0.2, 0) is 0 Å². The van der Waals surface area contributed by atoms with Gasteiger partial charge in [0.15, 0.2) is 0 Å². The Kier molecular flexibility index (Phi) is 5.40. The van der Waals surface area contributed by atoms with Crippen LogP contribution < -0.4 is 11.5 Å². The first-order valence-electron chi connectivity index (χ1n) is 5.27. The highest BCUT2D eigenvalue weighted by Gasteiger charge is 1.94. The summed E-state index contributed by atoms with van der Waals surface area (Å²) in [5, 5.41) is 16.8. The van der Waals surface area contributed by atoms with Gasteiger partial charge in [-0.25, -0.2) is 0 Å². The Hall–Kier alpha value is -2.50. The molecule has 0 saturated heterocycles. The molecule has 0 atom stereocenters. The third-order valence-electron chi connectivity index (χ3n) is 2.17. The Balaban J connectivity index is 0.000000191. The van der Waals surface area contributed by atoms with Crippen molar-refractivity contribution >= 4 is 27.3 Å². The number of nitrogens with zero attached hydrogens (tertiary/aromatic N) is 2. The summed E-state index contributed by atoms with van der Waals surface area (Å²) in [5.74, 6) is 0. The fourth-order valence-corrected chi connectivity index (χ4v) is 1.53. The second-order valence-corrected chi connectivity index (χ2v) is 4.44. The summed E-state index contributed by atoms with van der Waals surface area (Å²) in [5.41, 5.74) is 13.5. The molecule has 4 nitrogen and oxygen atoms in total. The van der Waals surface area contributed by atoms with Gasteiger partial charge >= 0.3 is 0 Å². The Bertz CT molecular complexity index is 636. The van der Waals surface area contributed by atoms with Gasteiger partial charge in [-0.15, -0.1) is 0 Å². The highest BCUT2D eigenvalue weighted by molar-refractivity contribution is 9.10. The van der Waals surface area contributed by atoms with Gasteiger partial charge in [0.1, 0.15) is 0 Å². The van der Waals surface area contributed by atoms with Crippen LogP contribution in [-0.4, -0.2) is 0 Å². The molecule has 2 rings (SSSR count). The first-order chi connectivity index (χ1) is 9.06. The van der Waals surface area contributed by atoms with E-state index in [0.29, 0.717) is 22.5 Å². The molecule has 0 saturated carbocycles. The second-order valence-electron chi connectivity index (χ2n) is 3.58. The van der Waals surface area contributed by atoms with Gasteiger partial charge in [-0.1, -0.05) is 0 Å². The van der Waals surface area contributed by atoms with Crippen molar-refractivity contribution in [2.75, 3.05) is 11.5 Å². The molecule has 2 aromatic carbocycles. The van der Waals surface area contributed by atoms with Crippen molar-refractivity contribution < 1.29 is 0 Å². The molecule has 0 heterocycles. The molecule has 0 amide bonds. The second kappa shape index (κ2) is 7.05. The average Bonchev–Trinajstić information content (AvgIpc) is 2.43. The first-order valence-corrected chi connectivity index (χ1v) is 6.07. The number of hydrogen-bond donors (Lipinski definition) is 2. The number of nitrogens with two attached hydrogens (primary N) is 2. The van der Waals surface area contributed by atoms with Crippen molar-refractivity contribution in [1.82, 2.24) is 0 Å². The average molecular weight is 315 g/mol. The van der Waals surface area contributed by atoms with E-state index in [1.165, 1.54) is 0 Å². The largest absolute Gasteiger partial charge is 0.399 e. The van der Waals surface area contributed by atoms with E-state index in [9.17, 15) is 0 Å². The Morgan fingerprint density at radius 1 is 0.842 bits per heavy atom. The first kappa shape index (κ1) is 14.6. The van der Waals surface area contributed by atoms with Crippen molar-refractivity contribution in [2.24, 2.45) is 0 Å².